The van der Waals surface area contributed by atoms with E-state index in [0.717, 1.165) is 13.1 Å². The third kappa shape index (κ3) is 6.65. The molecule has 2 aliphatic rings. The molecular weight excluding hydrogens is 384 g/mol. The maximum Gasteiger partial charge on any atom is 0.0367 e. The second kappa shape index (κ2) is 12.0. The van der Waals surface area contributed by atoms with Gasteiger partial charge in [0.2, 0.25) is 0 Å². The molecule has 0 saturated carbocycles. The van der Waals surface area contributed by atoms with Crippen molar-refractivity contribution in [3.63, 3.8) is 0 Å². The van der Waals surface area contributed by atoms with E-state index in [1.807, 2.05) is 0 Å². The van der Waals surface area contributed by atoms with E-state index in [0.29, 0.717) is 0 Å². The van der Waals surface area contributed by atoms with Crippen LogP contribution in [0, 0.1) is 6.92 Å². The molecule has 3 heteroatoms. The Bertz CT molecular complexity index is 724. The number of aryl methyl sites for hydroxylation is 1. The van der Waals surface area contributed by atoms with E-state index in [1.54, 1.807) is 16.7 Å². The van der Waals surface area contributed by atoms with Crippen LogP contribution in [0.4, 0.5) is 5.69 Å². The summed E-state index contributed by atoms with van der Waals surface area (Å²) in [5.41, 5.74) is 7.61. The van der Waals surface area contributed by atoms with Gasteiger partial charge in [0.1, 0.15) is 0 Å². The molecule has 1 aliphatic heterocycles. The summed E-state index contributed by atoms with van der Waals surface area (Å²) in [5.74, 6) is 0. The van der Waals surface area contributed by atoms with E-state index < -0.39 is 0 Å². The topological polar surface area (TPSA) is 6.48 Å². The fraction of sp³-hybridized carbons (Fsp3) is 0.630. The molecular formula is C27H42N2S. The van der Waals surface area contributed by atoms with Gasteiger partial charge in [0.25, 0.3) is 0 Å². The van der Waals surface area contributed by atoms with Crippen molar-refractivity contribution < 1.29 is 0 Å². The first-order valence-electron chi connectivity index (χ1n) is 12.2. The molecule has 0 spiro atoms. The average Bonchev–Trinajstić information content (AvgIpc) is 2.77. The highest BCUT2D eigenvalue weighted by Gasteiger charge is 2.19. The van der Waals surface area contributed by atoms with E-state index in [4.69, 9.17) is 12.6 Å². The van der Waals surface area contributed by atoms with Crippen LogP contribution in [-0.4, -0.2) is 37.6 Å². The van der Waals surface area contributed by atoms with E-state index >= 15 is 0 Å². The van der Waals surface area contributed by atoms with Crippen LogP contribution in [0.25, 0.3) is 0 Å². The molecule has 1 aliphatic carbocycles. The minimum absolute atomic E-state index is 1.15. The van der Waals surface area contributed by atoms with Crippen LogP contribution in [0.2, 0.25) is 0 Å². The number of unbranched alkanes of at least 4 members (excludes halogenated alkanes) is 1. The fourth-order valence-electron chi connectivity index (χ4n) is 4.89. The maximum atomic E-state index is 4.89. The molecule has 0 atom stereocenters. The lowest BCUT2D eigenvalue weighted by atomic mass is 9.87. The van der Waals surface area contributed by atoms with Gasteiger partial charge >= 0.3 is 0 Å². The van der Waals surface area contributed by atoms with Crippen molar-refractivity contribution in [3.8, 4) is 0 Å². The average molecular weight is 427 g/mol. The van der Waals surface area contributed by atoms with Gasteiger partial charge in [-0.1, -0.05) is 36.6 Å². The van der Waals surface area contributed by atoms with Gasteiger partial charge in [-0.3, -0.25) is 4.90 Å². The second-order valence-electron chi connectivity index (χ2n) is 9.26. The lowest BCUT2D eigenvalue weighted by Crippen LogP contribution is -2.46. The number of rotatable bonds is 9. The normalized spacial score (nSPS) is 19.3. The van der Waals surface area contributed by atoms with Crippen molar-refractivity contribution in [2.24, 2.45) is 0 Å². The summed E-state index contributed by atoms with van der Waals surface area (Å²) in [7, 11) is 0. The fourth-order valence-corrected chi connectivity index (χ4v) is 5.30. The molecule has 30 heavy (non-hydrogen) atoms. The highest BCUT2D eigenvalue weighted by molar-refractivity contribution is 7.84. The molecule has 0 amide bonds. The van der Waals surface area contributed by atoms with Crippen molar-refractivity contribution in [2.75, 3.05) is 37.6 Å². The molecule has 1 fully saturated rings. The van der Waals surface area contributed by atoms with Crippen molar-refractivity contribution >= 4 is 18.3 Å². The van der Waals surface area contributed by atoms with Gasteiger partial charge in [0.05, 0.1) is 0 Å². The van der Waals surface area contributed by atoms with E-state index in [-0.39, 0.29) is 0 Å². The van der Waals surface area contributed by atoms with Gasteiger partial charge in [0, 0.05) is 31.9 Å². The first-order chi connectivity index (χ1) is 14.6. The van der Waals surface area contributed by atoms with Crippen molar-refractivity contribution in [1.29, 1.82) is 0 Å². The first kappa shape index (κ1) is 23.5. The third-order valence-corrected chi connectivity index (χ3v) is 7.39. The third-order valence-electron chi connectivity index (χ3n) is 6.90. The monoisotopic (exact) mass is 426 g/mol. The zero-order valence-electron chi connectivity index (χ0n) is 19.6. The number of anilines is 1. The molecule has 0 unspecified atom stereocenters. The Balaban J connectivity index is 1.52. The lowest BCUT2D eigenvalue weighted by molar-refractivity contribution is 0.255. The second-order valence-corrected chi connectivity index (χ2v) is 9.80. The Kier molecular flexibility index (Phi) is 9.39. The van der Waals surface area contributed by atoms with E-state index in [2.05, 4.69) is 54.8 Å². The quantitative estimate of drug-likeness (QED) is 0.418. The Labute approximate surface area is 190 Å². The minimum atomic E-state index is 1.15. The molecule has 3 rings (SSSR count). The van der Waals surface area contributed by atoms with Gasteiger partial charge in [-0.25, -0.2) is 0 Å². The summed E-state index contributed by atoms with van der Waals surface area (Å²) in [6, 6.07) is 9.00. The molecule has 0 radical (unpaired) electrons. The van der Waals surface area contributed by atoms with Gasteiger partial charge in [-0.05, 0) is 99.9 Å². The summed E-state index contributed by atoms with van der Waals surface area (Å²) < 4.78 is 0. The number of nitrogens with zero attached hydrogens (tertiary/aromatic N) is 2. The Hall–Kier alpha value is -1.19. The molecule has 0 aromatic heterocycles. The summed E-state index contributed by atoms with van der Waals surface area (Å²) >= 11 is 4.89. The van der Waals surface area contributed by atoms with Gasteiger partial charge in [0.15, 0.2) is 0 Å². The molecule has 2 nitrogen and oxygen atoms in total. The Morgan fingerprint density at radius 1 is 0.933 bits per heavy atom. The van der Waals surface area contributed by atoms with Crippen LogP contribution >= 0.6 is 12.6 Å². The van der Waals surface area contributed by atoms with Crippen molar-refractivity contribution in [1.82, 2.24) is 4.90 Å². The Morgan fingerprint density at radius 2 is 1.63 bits per heavy atom. The van der Waals surface area contributed by atoms with Crippen LogP contribution in [0.1, 0.15) is 77.2 Å². The van der Waals surface area contributed by atoms with Gasteiger partial charge in [-0.2, -0.15) is 0 Å². The number of benzene rings is 1. The lowest BCUT2D eigenvalue weighted by Gasteiger charge is -2.36. The number of piperazine rings is 1. The zero-order chi connectivity index (χ0) is 21.3. The van der Waals surface area contributed by atoms with Gasteiger partial charge < -0.3 is 4.90 Å². The van der Waals surface area contributed by atoms with Crippen molar-refractivity contribution in [3.05, 3.63) is 51.5 Å². The molecule has 1 heterocycles. The minimum Gasteiger partial charge on any atom is -0.369 e. The summed E-state index contributed by atoms with van der Waals surface area (Å²) in [6.45, 7) is 12.7. The smallest absolute Gasteiger partial charge is 0.0367 e. The summed E-state index contributed by atoms with van der Waals surface area (Å²) in [4.78, 5) is 6.58. The van der Waals surface area contributed by atoms with E-state index in [9.17, 15) is 0 Å². The van der Waals surface area contributed by atoms with Crippen LogP contribution in [0.3, 0.4) is 0 Å². The SMILES string of the molecule is CCCC/C(C)=C(\CCCN1CCN(c2ccc(C)cc2)CC1)C1=C(S)CCCC1. The number of allylic oxidation sites excluding steroid dienone is 4. The highest BCUT2D eigenvalue weighted by Crippen LogP contribution is 2.36. The molecule has 0 bridgehead atoms. The van der Waals surface area contributed by atoms with E-state index in [1.165, 1.54) is 93.6 Å². The summed E-state index contributed by atoms with van der Waals surface area (Å²) in [6.07, 6.45) is 11.4. The zero-order valence-corrected chi connectivity index (χ0v) is 20.4. The van der Waals surface area contributed by atoms with Crippen molar-refractivity contribution in [2.45, 2.75) is 78.6 Å². The number of thiol groups is 1. The molecule has 1 aromatic rings. The standard InChI is InChI=1S/C27H42N2S/c1-4-5-9-23(3)25(26-10-6-7-12-27(26)30)11-8-17-28-18-20-29(21-19-28)24-15-13-22(2)14-16-24/h13-16,30H,4-12,17-21H2,1-3H3/b25-23+. The number of hydrogen-bond acceptors (Lipinski definition) is 3. The molecule has 1 saturated heterocycles. The largest absolute Gasteiger partial charge is 0.369 e. The highest BCUT2D eigenvalue weighted by atomic mass is 32.1. The van der Waals surface area contributed by atoms with Crippen LogP contribution < -0.4 is 4.90 Å². The van der Waals surface area contributed by atoms with Crippen LogP contribution in [0.5, 0.6) is 0 Å². The molecule has 0 N–H and O–H groups in total. The molecule has 166 valence electrons. The maximum absolute atomic E-state index is 4.89. The van der Waals surface area contributed by atoms with Crippen LogP contribution in [0.15, 0.2) is 45.9 Å². The summed E-state index contributed by atoms with van der Waals surface area (Å²) in [5, 5.41) is 0. The first-order valence-corrected chi connectivity index (χ1v) is 12.7. The van der Waals surface area contributed by atoms with Gasteiger partial charge in [-0.15, -0.1) is 12.6 Å². The molecule has 1 aromatic carbocycles. The van der Waals surface area contributed by atoms with Crippen LogP contribution in [-0.2, 0) is 0 Å². The number of hydrogen-bond donors (Lipinski definition) is 1. The Morgan fingerprint density at radius 3 is 2.30 bits per heavy atom. The predicted octanol–water partition coefficient (Wildman–Crippen LogP) is 7.16. The predicted molar refractivity (Wildman–Crippen MR) is 136 cm³/mol.